The lowest BCUT2D eigenvalue weighted by atomic mass is 10.3. The minimum absolute atomic E-state index is 0.112. The van der Waals surface area contributed by atoms with Gasteiger partial charge in [0.05, 0.1) is 6.10 Å². The molecule has 1 fully saturated rings. The molecule has 76 valence electrons. The van der Waals surface area contributed by atoms with E-state index in [0.29, 0.717) is 25.6 Å². The Morgan fingerprint density at radius 1 is 1.62 bits per heavy atom. The average molecular weight is 186 g/mol. The number of hydrogen-bond acceptors (Lipinski definition) is 3. The van der Waals surface area contributed by atoms with Crippen LogP contribution in [0.2, 0.25) is 0 Å². The molecule has 0 heterocycles. The fourth-order valence-corrected chi connectivity index (χ4v) is 1.04. The maximum atomic E-state index is 11.1. The van der Waals surface area contributed by atoms with Crippen LogP contribution in [0.25, 0.3) is 0 Å². The van der Waals surface area contributed by atoms with E-state index in [1.54, 1.807) is 6.92 Å². The molecule has 0 saturated heterocycles. The molecule has 1 aliphatic rings. The van der Waals surface area contributed by atoms with Gasteiger partial charge in [0.25, 0.3) is 0 Å². The van der Waals surface area contributed by atoms with Crippen LogP contribution in [-0.4, -0.2) is 36.2 Å². The quantitative estimate of drug-likeness (QED) is 0.496. The van der Waals surface area contributed by atoms with Crippen molar-refractivity contribution in [3.05, 3.63) is 0 Å². The first kappa shape index (κ1) is 10.5. The zero-order valence-corrected chi connectivity index (χ0v) is 8.05. The molecule has 0 aliphatic heterocycles. The number of aliphatic hydroxyl groups excluding tert-OH is 1. The van der Waals surface area contributed by atoms with Crippen LogP contribution in [0.4, 0.5) is 0 Å². The van der Waals surface area contributed by atoms with Crippen LogP contribution in [0.15, 0.2) is 0 Å². The van der Waals surface area contributed by atoms with Crippen LogP contribution >= 0.6 is 0 Å². The fourth-order valence-electron chi connectivity index (χ4n) is 1.04. The summed E-state index contributed by atoms with van der Waals surface area (Å²) in [6.45, 7) is 2.91. The van der Waals surface area contributed by atoms with Gasteiger partial charge in [-0.05, 0) is 19.8 Å². The summed E-state index contributed by atoms with van der Waals surface area (Å²) in [7, 11) is 0. The highest BCUT2D eigenvalue weighted by molar-refractivity contribution is 5.76. The molecule has 0 bridgehead atoms. The van der Waals surface area contributed by atoms with Gasteiger partial charge in [-0.15, -0.1) is 0 Å². The van der Waals surface area contributed by atoms with Gasteiger partial charge in [-0.3, -0.25) is 4.79 Å². The van der Waals surface area contributed by atoms with Crippen LogP contribution in [-0.2, 0) is 4.79 Å². The molecule has 4 nitrogen and oxygen atoms in total. The van der Waals surface area contributed by atoms with Gasteiger partial charge in [-0.1, -0.05) is 0 Å². The molecule has 0 spiro atoms. The van der Waals surface area contributed by atoms with Crippen molar-refractivity contribution in [3.8, 4) is 0 Å². The number of amides is 1. The molecule has 0 radical (unpaired) electrons. The second kappa shape index (κ2) is 5.19. The van der Waals surface area contributed by atoms with E-state index < -0.39 is 0 Å². The molecule has 0 aromatic carbocycles. The number of rotatable bonds is 6. The zero-order chi connectivity index (χ0) is 9.68. The van der Waals surface area contributed by atoms with Crippen molar-refractivity contribution < 1.29 is 9.90 Å². The van der Waals surface area contributed by atoms with Gasteiger partial charge < -0.3 is 15.7 Å². The molecule has 0 aromatic heterocycles. The minimum Gasteiger partial charge on any atom is -0.392 e. The lowest BCUT2D eigenvalue weighted by molar-refractivity contribution is -0.121. The maximum absolute atomic E-state index is 11.1. The van der Waals surface area contributed by atoms with E-state index in [1.807, 2.05) is 0 Å². The Balaban J connectivity index is 1.89. The highest BCUT2D eigenvalue weighted by Crippen LogP contribution is 2.18. The summed E-state index contributed by atoms with van der Waals surface area (Å²) in [6.07, 6.45) is 2.43. The fraction of sp³-hybridized carbons (Fsp3) is 0.889. The van der Waals surface area contributed by atoms with E-state index in [-0.39, 0.29) is 12.0 Å². The van der Waals surface area contributed by atoms with Gasteiger partial charge in [0, 0.05) is 25.6 Å². The van der Waals surface area contributed by atoms with E-state index >= 15 is 0 Å². The first-order chi connectivity index (χ1) is 6.18. The van der Waals surface area contributed by atoms with E-state index in [9.17, 15) is 4.79 Å². The maximum Gasteiger partial charge on any atom is 0.221 e. The predicted octanol–water partition coefficient (Wildman–Crippen LogP) is -0.374. The molecule has 1 amide bonds. The number of hydrogen-bond donors (Lipinski definition) is 3. The van der Waals surface area contributed by atoms with Crippen LogP contribution in [0.3, 0.4) is 0 Å². The van der Waals surface area contributed by atoms with E-state index in [2.05, 4.69) is 10.6 Å². The number of nitrogens with one attached hydrogen (secondary N) is 2. The Kier molecular flexibility index (Phi) is 4.18. The molecule has 1 aliphatic carbocycles. The van der Waals surface area contributed by atoms with Crippen molar-refractivity contribution in [1.29, 1.82) is 0 Å². The highest BCUT2D eigenvalue weighted by Gasteiger charge is 2.22. The average Bonchev–Trinajstić information content (AvgIpc) is 2.81. The van der Waals surface area contributed by atoms with Gasteiger partial charge in [-0.2, -0.15) is 0 Å². The zero-order valence-electron chi connectivity index (χ0n) is 8.05. The van der Waals surface area contributed by atoms with Gasteiger partial charge >= 0.3 is 0 Å². The third-order valence-electron chi connectivity index (χ3n) is 1.91. The SMILES string of the molecule is C[C@@H](O)CNCCC(=O)NC1CC1. The minimum atomic E-state index is -0.341. The Morgan fingerprint density at radius 2 is 2.31 bits per heavy atom. The van der Waals surface area contributed by atoms with E-state index in [1.165, 1.54) is 0 Å². The monoisotopic (exact) mass is 186 g/mol. The van der Waals surface area contributed by atoms with Crippen molar-refractivity contribution in [2.45, 2.75) is 38.3 Å². The predicted molar refractivity (Wildman–Crippen MR) is 50.3 cm³/mol. The Hall–Kier alpha value is -0.610. The summed E-state index contributed by atoms with van der Waals surface area (Å²) in [5.41, 5.74) is 0. The Morgan fingerprint density at radius 3 is 2.85 bits per heavy atom. The second-order valence-electron chi connectivity index (χ2n) is 3.64. The Labute approximate surface area is 78.7 Å². The largest absolute Gasteiger partial charge is 0.392 e. The van der Waals surface area contributed by atoms with Crippen molar-refractivity contribution in [2.75, 3.05) is 13.1 Å². The summed E-state index contributed by atoms with van der Waals surface area (Å²) < 4.78 is 0. The topological polar surface area (TPSA) is 61.4 Å². The van der Waals surface area contributed by atoms with Crippen LogP contribution < -0.4 is 10.6 Å². The van der Waals surface area contributed by atoms with Crippen LogP contribution in [0.5, 0.6) is 0 Å². The van der Waals surface area contributed by atoms with Crippen molar-refractivity contribution in [1.82, 2.24) is 10.6 Å². The van der Waals surface area contributed by atoms with Crippen LogP contribution in [0.1, 0.15) is 26.2 Å². The lowest BCUT2D eigenvalue weighted by Gasteiger charge is -2.06. The van der Waals surface area contributed by atoms with E-state index in [0.717, 1.165) is 12.8 Å². The first-order valence-electron chi connectivity index (χ1n) is 4.86. The van der Waals surface area contributed by atoms with Gasteiger partial charge in [0.15, 0.2) is 0 Å². The molecule has 1 atom stereocenters. The molecule has 1 rings (SSSR count). The normalized spacial score (nSPS) is 18.3. The molecular formula is C9H18N2O2. The smallest absolute Gasteiger partial charge is 0.221 e. The third-order valence-corrected chi connectivity index (χ3v) is 1.91. The molecule has 4 heteroatoms. The van der Waals surface area contributed by atoms with Crippen molar-refractivity contribution >= 4 is 5.91 Å². The van der Waals surface area contributed by atoms with Gasteiger partial charge in [-0.25, -0.2) is 0 Å². The summed E-state index contributed by atoms with van der Waals surface area (Å²) in [5, 5.41) is 14.8. The third kappa shape index (κ3) is 5.60. The summed E-state index contributed by atoms with van der Waals surface area (Å²) in [4.78, 5) is 11.1. The summed E-state index contributed by atoms with van der Waals surface area (Å²) in [6, 6.07) is 0.448. The first-order valence-corrected chi connectivity index (χ1v) is 4.86. The van der Waals surface area contributed by atoms with Crippen molar-refractivity contribution in [3.63, 3.8) is 0 Å². The molecule has 13 heavy (non-hydrogen) atoms. The number of carbonyl (C=O) groups excluding carboxylic acids is 1. The Bertz CT molecular complexity index is 167. The number of aliphatic hydroxyl groups is 1. The molecule has 0 unspecified atom stereocenters. The molecule has 3 N–H and O–H groups in total. The highest BCUT2D eigenvalue weighted by atomic mass is 16.3. The standard InChI is InChI=1S/C9H18N2O2/c1-7(12)6-10-5-4-9(13)11-8-2-3-8/h7-8,10,12H,2-6H2,1H3,(H,11,13)/t7-/m1/s1. The van der Waals surface area contributed by atoms with E-state index in [4.69, 9.17) is 5.11 Å². The summed E-state index contributed by atoms with van der Waals surface area (Å²) >= 11 is 0. The molecular weight excluding hydrogens is 168 g/mol. The molecule has 1 saturated carbocycles. The second-order valence-corrected chi connectivity index (χ2v) is 3.64. The van der Waals surface area contributed by atoms with Gasteiger partial charge in [0.1, 0.15) is 0 Å². The molecule has 0 aromatic rings. The number of carbonyl (C=O) groups is 1. The van der Waals surface area contributed by atoms with Gasteiger partial charge in [0.2, 0.25) is 5.91 Å². The summed E-state index contributed by atoms with van der Waals surface area (Å²) in [5.74, 6) is 0.112. The van der Waals surface area contributed by atoms with Crippen LogP contribution in [0, 0.1) is 0 Å². The lowest BCUT2D eigenvalue weighted by Crippen LogP contribution is -2.31. The van der Waals surface area contributed by atoms with Crippen molar-refractivity contribution in [2.24, 2.45) is 0 Å².